The molecule has 0 spiro atoms. The molecule has 2 N–H and O–H groups in total. The number of nitrogen functional groups attached to an aromatic ring is 1. The maximum Gasteiger partial charge on any atom is 0.212 e. The SMILES string of the molecule is Nc1ccn(-c2nc3ccc(Br)nc3s2)n1. The highest BCUT2D eigenvalue weighted by atomic mass is 79.9. The van der Waals surface area contributed by atoms with Gasteiger partial charge in [-0.25, -0.2) is 14.6 Å². The molecule has 0 saturated heterocycles. The van der Waals surface area contributed by atoms with Gasteiger partial charge in [0.1, 0.15) is 20.8 Å². The Morgan fingerprint density at radius 3 is 2.88 bits per heavy atom. The molecule has 0 aliphatic heterocycles. The Labute approximate surface area is 103 Å². The number of fused-ring (bicyclic) bond motifs is 1. The third kappa shape index (κ3) is 1.57. The van der Waals surface area contributed by atoms with Crippen molar-refractivity contribution >= 4 is 43.4 Å². The van der Waals surface area contributed by atoms with Crippen molar-refractivity contribution in [3.8, 4) is 5.13 Å². The van der Waals surface area contributed by atoms with E-state index in [1.807, 2.05) is 12.1 Å². The van der Waals surface area contributed by atoms with Crippen LogP contribution >= 0.6 is 27.3 Å². The summed E-state index contributed by atoms with van der Waals surface area (Å²) >= 11 is 4.80. The second kappa shape index (κ2) is 3.53. The highest BCUT2D eigenvalue weighted by Crippen LogP contribution is 2.24. The molecule has 0 atom stereocenters. The molecule has 0 aliphatic rings. The van der Waals surface area contributed by atoms with Gasteiger partial charge in [0, 0.05) is 12.3 Å². The molecule has 0 bridgehead atoms. The summed E-state index contributed by atoms with van der Waals surface area (Å²) < 4.78 is 2.45. The molecule has 16 heavy (non-hydrogen) atoms. The fraction of sp³-hybridized carbons (Fsp3) is 0. The summed E-state index contributed by atoms with van der Waals surface area (Å²) in [6, 6.07) is 5.51. The van der Waals surface area contributed by atoms with Crippen LogP contribution in [-0.4, -0.2) is 19.7 Å². The van der Waals surface area contributed by atoms with Gasteiger partial charge in [0.05, 0.1) is 0 Å². The van der Waals surface area contributed by atoms with Crippen molar-refractivity contribution in [2.45, 2.75) is 0 Å². The Morgan fingerprint density at radius 1 is 1.25 bits per heavy atom. The van der Waals surface area contributed by atoms with Crippen LogP contribution in [0.25, 0.3) is 15.5 Å². The van der Waals surface area contributed by atoms with E-state index in [1.54, 1.807) is 16.9 Å². The van der Waals surface area contributed by atoms with Gasteiger partial charge in [-0.3, -0.25) is 0 Å². The van der Waals surface area contributed by atoms with Crippen molar-refractivity contribution in [1.29, 1.82) is 0 Å². The molecule has 0 fully saturated rings. The predicted octanol–water partition coefficient (Wildman–Crippen LogP) is 2.22. The maximum absolute atomic E-state index is 5.56. The van der Waals surface area contributed by atoms with E-state index in [2.05, 4.69) is 31.0 Å². The van der Waals surface area contributed by atoms with Crippen LogP contribution < -0.4 is 5.73 Å². The second-order valence-corrected chi connectivity index (χ2v) is 4.91. The molecule has 0 amide bonds. The van der Waals surface area contributed by atoms with Crippen LogP contribution in [0.2, 0.25) is 0 Å². The Bertz CT molecular complexity index is 659. The molecule has 80 valence electrons. The van der Waals surface area contributed by atoms with Gasteiger partial charge >= 0.3 is 0 Å². The number of hydrogen-bond donors (Lipinski definition) is 1. The first-order valence-electron chi connectivity index (χ1n) is 4.47. The highest BCUT2D eigenvalue weighted by Gasteiger charge is 2.07. The zero-order valence-corrected chi connectivity index (χ0v) is 10.4. The van der Waals surface area contributed by atoms with Crippen molar-refractivity contribution < 1.29 is 0 Å². The van der Waals surface area contributed by atoms with Gasteiger partial charge in [-0.15, -0.1) is 5.10 Å². The Kier molecular flexibility index (Phi) is 2.15. The fourth-order valence-corrected chi connectivity index (χ4v) is 2.63. The first-order valence-corrected chi connectivity index (χ1v) is 6.08. The smallest absolute Gasteiger partial charge is 0.212 e. The summed E-state index contributed by atoms with van der Waals surface area (Å²) in [5.74, 6) is 0.480. The van der Waals surface area contributed by atoms with E-state index in [9.17, 15) is 0 Å². The molecule has 0 radical (unpaired) electrons. The van der Waals surface area contributed by atoms with Crippen molar-refractivity contribution in [1.82, 2.24) is 19.7 Å². The standard InChI is InChI=1S/C9H6BrN5S/c10-6-2-1-5-8(13-6)16-9(12-5)15-4-3-7(11)14-15/h1-4H,(H2,11,14). The molecule has 3 heterocycles. The molecular weight excluding hydrogens is 290 g/mol. The minimum Gasteiger partial charge on any atom is -0.382 e. The number of pyridine rings is 1. The number of thiazole rings is 1. The zero-order chi connectivity index (χ0) is 11.1. The molecule has 3 aromatic rings. The summed E-state index contributed by atoms with van der Waals surface area (Å²) in [5.41, 5.74) is 6.41. The number of aromatic nitrogens is 4. The number of rotatable bonds is 1. The van der Waals surface area contributed by atoms with E-state index < -0.39 is 0 Å². The molecule has 0 unspecified atom stereocenters. The fourth-order valence-electron chi connectivity index (χ4n) is 1.33. The lowest BCUT2D eigenvalue weighted by Gasteiger charge is -1.90. The average Bonchev–Trinajstić information content (AvgIpc) is 2.83. The Hall–Kier alpha value is -1.47. The van der Waals surface area contributed by atoms with Gasteiger partial charge in [-0.1, -0.05) is 11.3 Å². The third-order valence-electron chi connectivity index (χ3n) is 2.02. The lowest BCUT2D eigenvalue weighted by molar-refractivity contribution is 0.878. The summed E-state index contributed by atoms with van der Waals surface area (Å²) in [7, 11) is 0. The van der Waals surface area contributed by atoms with Crippen molar-refractivity contribution in [3.63, 3.8) is 0 Å². The number of hydrogen-bond acceptors (Lipinski definition) is 5. The van der Waals surface area contributed by atoms with E-state index in [4.69, 9.17) is 5.73 Å². The quantitative estimate of drug-likeness (QED) is 0.699. The number of anilines is 1. The number of halogens is 1. The van der Waals surface area contributed by atoms with Crippen LogP contribution in [0, 0.1) is 0 Å². The normalized spacial score (nSPS) is 11.1. The number of nitrogens with two attached hydrogens (primary N) is 1. The first kappa shape index (κ1) is 9.73. The summed E-state index contributed by atoms with van der Waals surface area (Å²) in [4.78, 5) is 9.62. The largest absolute Gasteiger partial charge is 0.382 e. The van der Waals surface area contributed by atoms with Crippen LogP contribution in [0.5, 0.6) is 0 Å². The van der Waals surface area contributed by atoms with Crippen molar-refractivity contribution in [3.05, 3.63) is 29.0 Å². The molecule has 0 aliphatic carbocycles. The lowest BCUT2D eigenvalue weighted by atomic mass is 10.5. The van der Waals surface area contributed by atoms with E-state index >= 15 is 0 Å². The van der Waals surface area contributed by atoms with Crippen LogP contribution in [0.3, 0.4) is 0 Å². The van der Waals surface area contributed by atoms with Gasteiger partial charge in [-0.05, 0) is 28.1 Å². The van der Waals surface area contributed by atoms with Crippen LogP contribution in [-0.2, 0) is 0 Å². The summed E-state index contributed by atoms with van der Waals surface area (Å²) in [5, 5.41) is 4.86. The lowest BCUT2D eigenvalue weighted by Crippen LogP contribution is -1.94. The summed E-state index contributed by atoms with van der Waals surface area (Å²) in [6.45, 7) is 0. The molecule has 7 heteroatoms. The minimum absolute atomic E-state index is 0.480. The predicted molar refractivity (Wildman–Crippen MR) is 66.6 cm³/mol. The molecule has 5 nitrogen and oxygen atoms in total. The average molecular weight is 296 g/mol. The molecular formula is C9H6BrN5S. The third-order valence-corrected chi connectivity index (χ3v) is 3.41. The van der Waals surface area contributed by atoms with Crippen LogP contribution in [0.15, 0.2) is 29.0 Å². The Balaban J connectivity index is 2.18. The van der Waals surface area contributed by atoms with Gasteiger partial charge in [0.2, 0.25) is 5.13 Å². The maximum atomic E-state index is 5.56. The van der Waals surface area contributed by atoms with E-state index in [0.29, 0.717) is 5.82 Å². The van der Waals surface area contributed by atoms with Crippen molar-refractivity contribution in [2.75, 3.05) is 5.73 Å². The van der Waals surface area contributed by atoms with Gasteiger partial charge in [0.15, 0.2) is 0 Å². The van der Waals surface area contributed by atoms with Gasteiger partial charge in [-0.2, -0.15) is 0 Å². The molecule has 3 aromatic heterocycles. The van der Waals surface area contributed by atoms with Crippen LogP contribution in [0.4, 0.5) is 5.82 Å². The molecule has 3 rings (SSSR count). The summed E-state index contributed by atoms with van der Waals surface area (Å²) in [6.07, 6.45) is 1.78. The van der Waals surface area contributed by atoms with E-state index in [1.165, 1.54) is 11.3 Å². The van der Waals surface area contributed by atoms with E-state index in [0.717, 1.165) is 20.1 Å². The minimum atomic E-state index is 0.480. The van der Waals surface area contributed by atoms with Crippen LogP contribution in [0.1, 0.15) is 0 Å². The highest BCUT2D eigenvalue weighted by molar-refractivity contribution is 9.10. The molecule has 0 aromatic carbocycles. The Morgan fingerprint density at radius 2 is 2.12 bits per heavy atom. The van der Waals surface area contributed by atoms with Crippen molar-refractivity contribution in [2.24, 2.45) is 0 Å². The monoisotopic (exact) mass is 295 g/mol. The van der Waals surface area contributed by atoms with Gasteiger partial charge < -0.3 is 5.73 Å². The first-order chi connectivity index (χ1) is 7.72. The second-order valence-electron chi connectivity index (χ2n) is 3.14. The van der Waals surface area contributed by atoms with E-state index in [-0.39, 0.29) is 0 Å². The number of nitrogens with zero attached hydrogens (tertiary/aromatic N) is 4. The van der Waals surface area contributed by atoms with Gasteiger partial charge in [0.25, 0.3) is 0 Å². The topological polar surface area (TPSA) is 69.6 Å². The molecule has 0 saturated carbocycles. The zero-order valence-electron chi connectivity index (χ0n) is 7.96.